The Hall–Kier alpha value is -1.64. The van der Waals surface area contributed by atoms with Crippen LogP contribution in [0, 0.1) is 13.8 Å². The van der Waals surface area contributed by atoms with Crippen molar-refractivity contribution in [3.8, 4) is 0 Å². The van der Waals surface area contributed by atoms with E-state index in [1.54, 1.807) is 7.11 Å². The normalized spacial score (nSPS) is 14.1. The lowest BCUT2D eigenvalue weighted by atomic mass is 9.96. The van der Waals surface area contributed by atoms with E-state index in [-0.39, 0.29) is 6.10 Å². The van der Waals surface area contributed by atoms with Gasteiger partial charge in [0.25, 0.3) is 0 Å². The van der Waals surface area contributed by atoms with Gasteiger partial charge in [-0.25, -0.2) is 0 Å². The fourth-order valence-corrected chi connectivity index (χ4v) is 2.21. The second kappa shape index (κ2) is 6.00. The van der Waals surface area contributed by atoms with Gasteiger partial charge in [-0.2, -0.15) is 0 Å². The molecule has 2 aromatic carbocycles. The lowest BCUT2D eigenvalue weighted by Crippen LogP contribution is -2.13. The summed E-state index contributed by atoms with van der Waals surface area (Å²) in [4.78, 5) is 0. The van der Waals surface area contributed by atoms with E-state index in [0.717, 1.165) is 11.1 Å². The largest absolute Gasteiger partial charge is 0.385 e. The summed E-state index contributed by atoms with van der Waals surface area (Å²) in [5, 5.41) is 10.5. The van der Waals surface area contributed by atoms with E-state index in [2.05, 4.69) is 13.8 Å². The molecule has 2 unspecified atom stereocenters. The van der Waals surface area contributed by atoms with Crippen molar-refractivity contribution in [2.45, 2.75) is 26.1 Å². The molecule has 2 atom stereocenters. The zero-order valence-electron chi connectivity index (χ0n) is 11.6. The fraction of sp³-hybridized carbons (Fsp3) is 0.294. The van der Waals surface area contributed by atoms with Gasteiger partial charge in [-0.05, 0) is 36.1 Å². The predicted octanol–water partition coefficient (Wildman–Crippen LogP) is 3.72. The van der Waals surface area contributed by atoms with Crippen LogP contribution in [0.15, 0.2) is 48.5 Å². The number of methoxy groups -OCH3 is 1. The molecule has 0 fully saturated rings. The molecular formula is C17H20O2. The van der Waals surface area contributed by atoms with Gasteiger partial charge in [-0.15, -0.1) is 0 Å². The molecule has 2 rings (SSSR count). The van der Waals surface area contributed by atoms with Crippen LogP contribution in [0.3, 0.4) is 0 Å². The van der Waals surface area contributed by atoms with E-state index in [1.807, 2.05) is 48.5 Å². The Morgan fingerprint density at radius 3 is 2.16 bits per heavy atom. The van der Waals surface area contributed by atoms with Crippen molar-refractivity contribution in [3.63, 3.8) is 0 Å². The van der Waals surface area contributed by atoms with Gasteiger partial charge >= 0.3 is 0 Å². The van der Waals surface area contributed by atoms with Gasteiger partial charge in [0.1, 0.15) is 12.2 Å². The highest BCUT2D eigenvalue weighted by Gasteiger charge is 2.22. The summed E-state index contributed by atoms with van der Waals surface area (Å²) in [7, 11) is 1.63. The molecule has 0 aliphatic carbocycles. The molecule has 2 heteroatoms. The minimum Gasteiger partial charge on any atom is -0.385 e. The van der Waals surface area contributed by atoms with Crippen LogP contribution >= 0.6 is 0 Å². The molecule has 0 aliphatic rings. The molecule has 2 nitrogen and oxygen atoms in total. The lowest BCUT2D eigenvalue weighted by Gasteiger charge is -2.23. The number of hydrogen-bond acceptors (Lipinski definition) is 2. The summed E-state index contributed by atoms with van der Waals surface area (Å²) in [5.41, 5.74) is 4.28. The summed E-state index contributed by atoms with van der Waals surface area (Å²) in [6.07, 6.45) is -1.00. The average Bonchev–Trinajstić information content (AvgIpc) is 2.44. The van der Waals surface area contributed by atoms with Crippen LogP contribution in [0.25, 0.3) is 0 Å². The lowest BCUT2D eigenvalue weighted by molar-refractivity contribution is -0.0149. The zero-order chi connectivity index (χ0) is 13.8. The van der Waals surface area contributed by atoms with E-state index in [4.69, 9.17) is 4.74 Å². The van der Waals surface area contributed by atoms with E-state index >= 15 is 0 Å². The summed E-state index contributed by atoms with van der Waals surface area (Å²) in [6, 6.07) is 15.8. The highest BCUT2D eigenvalue weighted by Crippen LogP contribution is 2.32. The number of rotatable bonds is 4. The number of aliphatic hydroxyl groups is 1. The van der Waals surface area contributed by atoms with E-state index in [0.29, 0.717) is 0 Å². The van der Waals surface area contributed by atoms with Gasteiger partial charge in [-0.3, -0.25) is 0 Å². The standard InChI is InChI=1S/C17H20O2/c1-12-9-10-15(11-13(12)2)16(18)17(19-3)14-7-5-4-6-8-14/h4-11,16-18H,1-3H3. The molecule has 0 bridgehead atoms. The van der Waals surface area contributed by atoms with Crippen LogP contribution in [0.1, 0.15) is 34.5 Å². The third kappa shape index (κ3) is 3.03. The Morgan fingerprint density at radius 2 is 1.58 bits per heavy atom. The average molecular weight is 256 g/mol. The van der Waals surface area contributed by atoms with Crippen LogP contribution in [-0.2, 0) is 4.74 Å². The molecule has 0 saturated carbocycles. The minimum atomic E-state index is -0.660. The third-order valence-corrected chi connectivity index (χ3v) is 3.54. The number of aliphatic hydroxyl groups excluding tert-OH is 1. The molecule has 0 radical (unpaired) electrons. The molecule has 0 heterocycles. The Bertz CT molecular complexity index is 534. The molecule has 0 spiro atoms. The summed E-state index contributed by atoms with van der Waals surface area (Å²) >= 11 is 0. The maximum atomic E-state index is 10.5. The fourth-order valence-electron chi connectivity index (χ4n) is 2.21. The molecule has 0 aromatic heterocycles. The number of aryl methyl sites for hydroxylation is 2. The molecule has 0 saturated heterocycles. The first kappa shape index (κ1) is 13.8. The monoisotopic (exact) mass is 256 g/mol. The van der Waals surface area contributed by atoms with Crippen molar-refractivity contribution in [2.24, 2.45) is 0 Å². The zero-order valence-corrected chi connectivity index (χ0v) is 11.6. The van der Waals surface area contributed by atoms with Gasteiger partial charge in [0.2, 0.25) is 0 Å². The van der Waals surface area contributed by atoms with Crippen molar-refractivity contribution in [3.05, 3.63) is 70.8 Å². The molecule has 2 aromatic rings. The van der Waals surface area contributed by atoms with E-state index in [1.165, 1.54) is 11.1 Å². The van der Waals surface area contributed by atoms with Crippen LogP contribution in [0.2, 0.25) is 0 Å². The maximum absolute atomic E-state index is 10.5. The molecule has 19 heavy (non-hydrogen) atoms. The Morgan fingerprint density at radius 1 is 0.895 bits per heavy atom. The summed E-state index contributed by atoms with van der Waals surface area (Å²) in [6.45, 7) is 4.12. The Balaban J connectivity index is 2.30. The number of hydrogen-bond donors (Lipinski definition) is 1. The first-order valence-corrected chi connectivity index (χ1v) is 6.46. The highest BCUT2D eigenvalue weighted by molar-refractivity contribution is 5.33. The van der Waals surface area contributed by atoms with E-state index < -0.39 is 6.10 Å². The summed E-state index contributed by atoms with van der Waals surface area (Å²) < 4.78 is 5.47. The van der Waals surface area contributed by atoms with Crippen molar-refractivity contribution < 1.29 is 9.84 Å². The minimum absolute atomic E-state index is 0.344. The smallest absolute Gasteiger partial charge is 0.112 e. The summed E-state index contributed by atoms with van der Waals surface area (Å²) in [5.74, 6) is 0. The van der Waals surface area contributed by atoms with Gasteiger partial charge in [0.15, 0.2) is 0 Å². The van der Waals surface area contributed by atoms with Crippen molar-refractivity contribution >= 4 is 0 Å². The topological polar surface area (TPSA) is 29.5 Å². The second-order valence-corrected chi connectivity index (χ2v) is 4.86. The van der Waals surface area contributed by atoms with Gasteiger partial charge < -0.3 is 9.84 Å². The SMILES string of the molecule is COC(c1ccccc1)C(O)c1ccc(C)c(C)c1. The van der Waals surface area contributed by atoms with Gasteiger partial charge in [0, 0.05) is 7.11 Å². The quantitative estimate of drug-likeness (QED) is 0.903. The first-order chi connectivity index (χ1) is 9.13. The van der Waals surface area contributed by atoms with Gasteiger partial charge in [0.05, 0.1) is 0 Å². The van der Waals surface area contributed by atoms with Gasteiger partial charge in [-0.1, -0.05) is 48.5 Å². The molecule has 0 amide bonds. The van der Waals surface area contributed by atoms with Crippen LogP contribution in [0.4, 0.5) is 0 Å². The Kier molecular flexibility index (Phi) is 4.35. The third-order valence-electron chi connectivity index (χ3n) is 3.54. The molecular weight excluding hydrogens is 236 g/mol. The number of benzene rings is 2. The Labute approximate surface area is 114 Å². The van der Waals surface area contributed by atoms with Crippen molar-refractivity contribution in [2.75, 3.05) is 7.11 Å². The highest BCUT2D eigenvalue weighted by atomic mass is 16.5. The molecule has 100 valence electrons. The second-order valence-electron chi connectivity index (χ2n) is 4.86. The molecule has 1 N–H and O–H groups in total. The van der Waals surface area contributed by atoms with Crippen LogP contribution < -0.4 is 0 Å². The van der Waals surface area contributed by atoms with Crippen molar-refractivity contribution in [1.29, 1.82) is 0 Å². The maximum Gasteiger partial charge on any atom is 0.112 e. The number of ether oxygens (including phenoxy) is 1. The van der Waals surface area contributed by atoms with Crippen LogP contribution in [0.5, 0.6) is 0 Å². The van der Waals surface area contributed by atoms with Crippen molar-refractivity contribution in [1.82, 2.24) is 0 Å². The first-order valence-electron chi connectivity index (χ1n) is 6.46. The van der Waals surface area contributed by atoms with Crippen LogP contribution in [-0.4, -0.2) is 12.2 Å². The predicted molar refractivity (Wildman–Crippen MR) is 77.1 cm³/mol. The molecule has 0 aliphatic heterocycles. The van der Waals surface area contributed by atoms with E-state index in [9.17, 15) is 5.11 Å².